The summed E-state index contributed by atoms with van der Waals surface area (Å²) in [6.45, 7) is 5.54. The molecule has 0 radical (unpaired) electrons. The van der Waals surface area contributed by atoms with Crippen molar-refractivity contribution in [3.05, 3.63) is 34.4 Å². The van der Waals surface area contributed by atoms with Gasteiger partial charge in [-0.15, -0.1) is 10.2 Å². The maximum absolute atomic E-state index is 12.6. The molecule has 1 aromatic heterocycles. The number of nitro benzene ring substituents is 1. The number of benzene rings is 1. The first-order valence-corrected chi connectivity index (χ1v) is 12.1. The third-order valence-electron chi connectivity index (χ3n) is 3.56. The quantitative estimate of drug-likeness (QED) is 0.262. The van der Waals surface area contributed by atoms with Gasteiger partial charge in [-0.1, -0.05) is 43.0 Å². The van der Waals surface area contributed by atoms with Gasteiger partial charge in [-0.25, -0.2) is 8.42 Å². The molecule has 2 rings (SSSR count). The summed E-state index contributed by atoms with van der Waals surface area (Å²) in [6.07, 6.45) is 0.932. The average molecular weight is 460 g/mol. The maximum Gasteiger partial charge on any atom is 0.271 e. The summed E-state index contributed by atoms with van der Waals surface area (Å²) in [5, 5.41) is 21.7. The Labute approximate surface area is 176 Å². The van der Waals surface area contributed by atoms with E-state index in [4.69, 9.17) is 0 Å². The van der Waals surface area contributed by atoms with E-state index in [9.17, 15) is 23.3 Å². The minimum atomic E-state index is -3.90. The number of hydrogen-bond donors (Lipinski definition) is 1. The number of carbonyl (C=O) groups is 1. The Balaban J connectivity index is 2.21. The predicted octanol–water partition coefficient (Wildman–Crippen LogP) is 2.99. The van der Waals surface area contributed by atoms with Gasteiger partial charge in [0.05, 0.1) is 16.9 Å². The number of nitrogens with one attached hydrogen (secondary N) is 1. The number of aromatic nitrogens is 2. The monoisotopic (exact) mass is 459 g/mol. The summed E-state index contributed by atoms with van der Waals surface area (Å²) < 4.78 is 26.2. The van der Waals surface area contributed by atoms with Crippen molar-refractivity contribution in [1.82, 2.24) is 10.2 Å². The molecule has 13 heteroatoms. The maximum atomic E-state index is 12.6. The highest BCUT2D eigenvalue weighted by atomic mass is 32.2. The van der Waals surface area contributed by atoms with Gasteiger partial charge in [0.15, 0.2) is 4.34 Å². The fourth-order valence-corrected chi connectivity index (χ4v) is 5.22. The smallest absolute Gasteiger partial charge is 0.271 e. The van der Waals surface area contributed by atoms with Crippen molar-refractivity contribution in [2.75, 3.05) is 21.6 Å². The molecule has 1 heterocycles. The Kier molecular flexibility index (Phi) is 7.54. The van der Waals surface area contributed by atoms with Crippen LogP contribution in [0.25, 0.3) is 0 Å². The van der Waals surface area contributed by atoms with E-state index in [1.54, 1.807) is 0 Å². The zero-order valence-electron chi connectivity index (χ0n) is 16.2. The van der Waals surface area contributed by atoms with Gasteiger partial charge in [0.1, 0.15) is 6.04 Å². The molecule has 0 unspecified atom stereocenters. The number of nitro groups is 1. The number of thioether (sulfide) groups is 1. The Morgan fingerprint density at radius 1 is 1.34 bits per heavy atom. The summed E-state index contributed by atoms with van der Waals surface area (Å²) in [5.74, 6) is 0.701. The largest absolute Gasteiger partial charge is 0.299 e. The molecule has 0 fully saturated rings. The Morgan fingerprint density at radius 3 is 2.62 bits per heavy atom. The second-order valence-electron chi connectivity index (χ2n) is 6.58. The summed E-state index contributed by atoms with van der Waals surface area (Å²) in [4.78, 5) is 23.0. The first kappa shape index (κ1) is 23.0. The van der Waals surface area contributed by atoms with E-state index in [2.05, 4.69) is 29.4 Å². The Bertz CT molecular complexity index is 992. The zero-order valence-corrected chi connectivity index (χ0v) is 18.7. The molecule has 0 saturated heterocycles. The topological polar surface area (TPSA) is 135 Å². The number of hydrogen-bond acceptors (Lipinski definition) is 9. The summed E-state index contributed by atoms with van der Waals surface area (Å²) in [5.41, 5.74) is -0.255. The second-order valence-corrected chi connectivity index (χ2v) is 10.7. The molecule has 1 atom stereocenters. The predicted molar refractivity (Wildman–Crippen MR) is 114 cm³/mol. The summed E-state index contributed by atoms with van der Waals surface area (Å²) >= 11 is 2.71. The minimum absolute atomic E-state index is 0.0230. The molecule has 0 aliphatic rings. The molecule has 29 heavy (non-hydrogen) atoms. The van der Waals surface area contributed by atoms with Crippen molar-refractivity contribution >= 4 is 55.5 Å². The number of rotatable bonds is 9. The molecule has 10 nitrogen and oxygen atoms in total. The molecular weight excluding hydrogens is 438 g/mol. The van der Waals surface area contributed by atoms with Gasteiger partial charge in [-0.2, -0.15) is 0 Å². The first-order valence-electron chi connectivity index (χ1n) is 8.50. The van der Waals surface area contributed by atoms with E-state index in [-0.39, 0.29) is 16.5 Å². The van der Waals surface area contributed by atoms with Crippen molar-refractivity contribution < 1.29 is 18.1 Å². The van der Waals surface area contributed by atoms with Crippen LogP contribution in [0.5, 0.6) is 0 Å². The Hall–Kier alpha value is -2.25. The zero-order chi connectivity index (χ0) is 21.8. The van der Waals surface area contributed by atoms with E-state index in [0.29, 0.717) is 10.3 Å². The van der Waals surface area contributed by atoms with Crippen molar-refractivity contribution in [2.45, 2.75) is 31.2 Å². The summed E-state index contributed by atoms with van der Waals surface area (Å²) in [7, 11) is -3.90. The fourth-order valence-electron chi connectivity index (χ4n) is 2.32. The van der Waals surface area contributed by atoms with Gasteiger partial charge in [-0.05, 0) is 18.9 Å². The lowest BCUT2D eigenvalue weighted by molar-refractivity contribution is -0.384. The molecule has 158 valence electrons. The van der Waals surface area contributed by atoms with E-state index in [1.165, 1.54) is 48.2 Å². The van der Waals surface area contributed by atoms with E-state index >= 15 is 0 Å². The van der Waals surface area contributed by atoms with Crippen LogP contribution in [0.3, 0.4) is 0 Å². The van der Waals surface area contributed by atoms with Crippen LogP contribution in [0.1, 0.15) is 20.8 Å². The van der Waals surface area contributed by atoms with Crippen molar-refractivity contribution in [3.8, 4) is 0 Å². The average Bonchev–Trinajstić information content (AvgIpc) is 3.06. The second kappa shape index (κ2) is 9.50. The van der Waals surface area contributed by atoms with Gasteiger partial charge >= 0.3 is 0 Å². The molecular formula is C16H21N5O5S3. The van der Waals surface area contributed by atoms with Crippen molar-refractivity contribution in [2.24, 2.45) is 5.92 Å². The lowest BCUT2D eigenvalue weighted by Gasteiger charge is -2.27. The van der Waals surface area contributed by atoms with Gasteiger partial charge in [-0.3, -0.25) is 24.5 Å². The van der Waals surface area contributed by atoms with Gasteiger partial charge in [0.2, 0.25) is 21.1 Å². The normalized spacial score (nSPS) is 12.6. The molecule has 0 aliphatic carbocycles. The van der Waals surface area contributed by atoms with Crippen LogP contribution in [0.4, 0.5) is 16.5 Å². The highest BCUT2D eigenvalue weighted by Gasteiger charge is 2.30. The third kappa shape index (κ3) is 6.37. The van der Waals surface area contributed by atoms with E-state index < -0.39 is 26.9 Å². The van der Waals surface area contributed by atoms with Crippen LogP contribution in [0.2, 0.25) is 0 Å². The fraction of sp³-hybridized carbons (Fsp3) is 0.438. The molecule has 0 spiro atoms. The molecule has 0 bridgehead atoms. The highest BCUT2D eigenvalue weighted by molar-refractivity contribution is 8.01. The van der Waals surface area contributed by atoms with E-state index in [1.807, 2.05) is 0 Å². The molecule has 0 saturated carbocycles. The van der Waals surface area contributed by atoms with Crippen LogP contribution in [0.15, 0.2) is 28.6 Å². The highest BCUT2D eigenvalue weighted by Crippen LogP contribution is 2.28. The molecule has 1 N–H and O–H groups in total. The van der Waals surface area contributed by atoms with E-state index in [0.717, 1.165) is 22.4 Å². The van der Waals surface area contributed by atoms with Crippen LogP contribution in [-0.2, 0) is 14.8 Å². The van der Waals surface area contributed by atoms with Gasteiger partial charge in [0, 0.05) is 17.9 Å². The number of nitrogens with zero attached hydrogens (tertiary/aromatic N) is 4. The number of anilines is 2. The minimum Gasteiger partial charge on any atom is -0.299 e. The van der Waals surface area contributed by atoms with Crippen LogP contribution < -0.4 is 9.62 Å². The van der Waals surface area contributed by atoms with Crippen molar-refractivity contribution in [1.29, 1.82) is 0 Å². The SMILES string of the molecule is CC(C)CSc1nnc(NC(=O)[C@@H](C)N(c2cccc([N+](=O)[O-])c2)S(C)(=O)=O)s1. The molecule has 1 aromatic carbocycles. The molecule has 0 aliphatic heterocycles. The van der Waals surface area contributed by atoms with Gasteiger partial charge < -0.3 is 0 Å². The van der Waals surface area contributed by atoms with Crippen LogP contribution >= 0.6 is 23.1 Å². The van der Waals surface area contributed by atoms with Gasteiger partial charge in [0.25, 0.3) is 5.69 Å². The standard InChI is InChI=1S/C16H21N5O5S3/c1-10(2)9-27-16-19-18-15(28-16)17-14(22)11(3)20(29(4,25)26)12-6-5-7-13(8-12)21(23)24/h5-8,10-11H,9H2,1-4H3,(H,17,18,22)/t11-/m1/s1. The number of sulfonamides is 1. The van der Waals surface area contributed by atoms with Crippen LogP contribution in [0, 0.1) is 16.0 Å². The summed E-state index contributed by atoms with van der Waals surface area (Å²) in [6, 6.07) is 3.94. The lowest BCUT2D eigenvalue weighted by atomic mass is 10.2. The van der Waals surface area contributed by atoms with Crippen LogP contribution in [-0.4, -0.2) is 47.5 Å². The Morgan fingerprint density at radius 2 is 2.03 bits per heavy atom. The van der Waals surface area contributed by atoms with Crippen molar-refractivity contribution in [3.63, 3.8) is 0 Å². The number of amides is 1. The number of carbonyl (C=O) groups excluding carboxylic acids is 1. The molecule has 2 aromatic rings. The number of non-ortho nitro benzene ring substituents is 1. The first-order chi connectivity index (χ1) is 13.5. The lowest BCUT2D eigenvalue weighted by Crippen LogP contribution is -2.45. The molecule has 1 amide bonds. The third-order valence-corrected chi connectivity index (χ3v) is 7.20.